The quantitative estimate of drug-likeness (QED) is 0.567. The average Bonchev–Trinajstić information content (AvgIpc) is 3.26. The van der Waals surface area contributed by atoms with Crippen molar-refractivity contribution in [3.05, 3.63) is 70.2 Å². The van der Waals surface area contributed by atoms with Crippen molar-refractivity contribution < 1.29 is 9.72 Å². The van der Waals surface area contributed by atoms with E-state index >= 15 is 0 Å². The number of carbonyl (C=O) groups is 1. The molecule has 3 rings (SSSR count). The number of amides is 1. The minimum atomic E-state index is -0.627. The summed E-state index contributed by atoms with van der Waals surface area (Å²) in [7, 11) is 1.62. The molecule has 0 spiro atoms. The zero-order valence-electron chi connectivity index (χ0n) is 12.8. The predicted octanol–water partition coefficient (Wildman–Crippen LogP) is 1.78. The molecule has 24 heavy (non-hydrogen) atoms. The smallest absolute Gasteiger partial charge is 0.343 e. The van der Waals surface area contributed by atoms with Crippen LogP contribution in [0.15, 0.2) is 48.8 Å². The lowest BCUT2D eigenvalue weighted by atomic mass is 10.2. The van der Waals surface area contributed by atoms with Crippen LogP contribution in [0.5, 0.6) is 0 Å². The number of H-pyrrole nitrogens is 1. The molecule has 0 bridgehead atoms. The highest BCUT2D eigenvalue weighted by Crippen LogP contribution is 2.13. The third kappa shape index (κ3) is 3.14. The van der Waals surface area contributed by atoms with Gasteiger partial charge in [0.05, 0.1) is 11.8 Å². The standard InChI is InChI=1S/C15H14N6O3/c1-19(15(22)13-9-14(18-17-13)21(23)24)10-11-3-5-12(6-4-11)20-8-2-7-16-20/h2-9H,10H2,1H3,(H,17,18). The minimum Gasteiger partial charge on any atom is -0.358 e. The summed E-state index contributed by atoms with van der Waals surface area (Å²) < 4.78 is 1.74. The summed E-state index contributed by atoms with van der Waals surface area (Å²) >= 11 is 0. The number of aromatic nitrogens is 4. The Morgan fingerprint density at radius 3 is 2.71 bits per heavy atom. The molecule has 2 heterocycles. The van der Waals surface area contributed by atoms with E-state index in [9.17, 15) is 14.9 Å². The van der Waals surface area contributed by atoms with E-state index in [-0.39, 0.29) is 11.5 Å². The molecule has 3 aromatic rings. The van der Waals surface area contributed by atoms with Crippen LogP contribution in [-0.4, -0.2) is 42.8 Å². The van der Waals surface area contributed by atoms with Crippen molar-refractivity contribution in [1.82, 2.24) is 24.9 Å². The van der Waals surface area contributed by atoms with Gasteiger partial charge in [0, 0.05) is 26.0 Å². The first-order valence-electron chi connectivity index (χ1n) is 7.09. The fourth-order valence-corrected chi connectivity index (χ4v) is 2.23. The lowest BCUT2D eigenvalue weighted by Gasteiger charge is -2.15. The van der Waals surface area contributed by atoms with Gasteiger partial charge in [-0.3, -0.25) is 4.79 Å². The van der Waals surface area contributed by atoms with Crippen LogP contribution in [0.25, 0.3) is 5.69 Å². The molecule has 1 N–H and O–H groups in total. The van der Waals surface area contributed by atoms with Crippen molar-refractivity contribution in [2.24, 2.45) is 0 Å². The van der Waals surface area contributed by atoms with Crippen LogP contribution in [0.3, 0.4) is 0 Å². The number of nitro groups is 1. The van der Waals surface area contributed by atoms with Crippen molar-refractivity contribution in [3.63, 3.8) is 0 Å². The molecule has 2 aromatic heterocycles. The maximum Gasteiger partial charge on any atom is 0.343 e. The summed E-state index contributed by atoms with van der Waals surface area (Å²) in [5.41, 5.74) is 1.85. The number of hydrogen-bond acceptors (Lipinski definition) is 5. The van der Waals surface area contributed by atoms with E-state index in [1.54, 1.807) is 17.9 Å². The van der Waals surface area contributed by atoms with E-state index in [1.165, 1.54) is 4.90 Å². The largest absolute Gasteiger partial charge is 0.358 e. The first-order chi connectivity index (χ1) is 11.5. The van der Waals surface area contributed by atoms with Crippen molar-refractivity contribution in [1.29, 1.82) is 0 Å². The molecule has 0 saturated carbocycles. The molecule has 0 atom stereocenters. The Hall–Kier alpha value is -3.49. The average molecular weight is 326 g/mol. The highest BCUT2D eigenvalue weighted by molar-refractivity contribution is 5.92. The second kappa shape index (κ2) is 6.32. The summed E-state index contributed by atoms with van der Waals surface area (Å²) in [6, 6.07) is 10.6. The molecule has 1 aromatic carbocycles. The summed E-state index contributed by atoms with van der Waals surface area (Å²) in [5, 5.41) is 20.7. The fourth-order valence-electron chi connectivity index (χ4n) is 2.23. The maximum absolute atomic E-state index is 12.2. The van der Waals surface area contributed by atoms with Gasteiger partial charge in [-0.15, -0.1) is 5.10 Å². The van der Waals surface area contributed by atoms with E-state index in [4.69, 9.17) is 0 Å². The molecular formula is C15H14N6O3. The third-order valence-corrected chi connectivity index (χ3v) is 3.45. The zero-order chi connectivity index (χ0) is 17.1. The molecule has 0 aliphatic carbocycles. The summed E-state index contributed by atoms with van der Waals surface area (Å²) in [6.45, 7) is 0.360. The van der Waals surface area contributed by atoms with Gasteiger partial charge in [-0.2, -0.15) is 5.10 Å². The third-order valence-electron chi connectivity index (χ3n) is 3.45. The van der Waals surface area contributed by atoms with Crippen LogP contribution < -0.4 is 0 Å². The van der Waals surface area contributed by atoms with Gasteiger partial charge in [0.15, 0.2) is 5.69 Å². The lowest BCUT2D eigenvalue weighted by molar-refractivity contribution is -0.389. The van der Waals surface area contributed by atoms with Gasteiger partial charge in [0.1, 0.15) is 0 Å². The maximum atomic E-state index is 12.2. The van der Waals surface area contributed by atoms with Gasteiger partial charge < -0.3 is 15.0 Å². The first kappa shape index (κ1) is 15.4. The van der Waals surface area contributed by atoms with Crippen LogP contribution >= 0.6 is 0 Å². The van der Waals surface area contributed by atoms with Gasteiger partial charge >= 0.3 is 5.82 Å². The van der Waals surface area contributed by atoms with Gasteiger partial charge in [0.2, 0.25) is 0 Å². The van der Waals surface area contributed by atoms with Crippen molar-refractivity contribution in [2.75, 3.05) is 7.05 Å². The molecule has 0 aliphatic heterocycles. The first-order valence-corrected chi connectivity index (χ1v) is 7.09. The summed E-state index contributed by atoms with van der Waals surface area (Å²) in [6.07, 6.45) is 3.54. The van der Waals surface area contributed by atoms with Crippen LogP contribution in [0.4, 0.5) is 5.82 Å². The Kier molecular flexibility index (Phi) is 4.06. The number of benzene rings is 1. The van der Waals surface area contributed by atoms with Gasteiger partial charge in [0.25, 0.3) is 5.91 Å². The van der Waals surface area contributed by atoms with E-state index in [1.807, 2.05) is 36.5 Å². The molecular weight excluding hydrogens is 312 g/mol. The number of nitrogens with one attached hydrogen (secondary N) is 1. The molecule has 0 fully saturated rings. The molecule has 0 aliphatic rings. The zero-order valence-corrected chi connectivity index (χ0v) is 12.8. The van der Waals surface area contributed by atoms with Crippen LogP contribution in [0.1, 0.15) is 16.1 Å². The monoisotopic (exact) mass is 326 g/mol. The second-order valence-electron chi connectivity index (χ2n) is 5.17. The molecule has 9 heteroatoms. The fraction of sp³-hybridized carbons (Fsp3) is 0.133. The Morgan fingerprint density at radius 2 is 2.12 bits per heavy atom. The molecule has 0 radical (unpaired) electrons. The topological polar surface area (TPSA) is 110 Å². The van der Waals surface area contributed by atoms with Crippen molar-refractivity contribution in [3.8, 4) is 5.69 Å². The van der Waals surface area contributed by atoms with Crippen molar-refractivity contribution >= 4 is 11.7 Å². The Bertz CT molecular complexity index is 854. The second-order valence-corrected chi connectivity index (χ2v) is 5.17. The van der Waals surface area contributed by atoms with E-state index in [0.29, 0.717) is 6.54 Å². The lowest BCUT2D eigenvalue weighted by Crippen LogP contribution is -2.26. The highest BCUT2D eigenvalue weighted by Gasteiger charge is 2.19. The van der Waals surface area contributed by atoms with Crippen molar-refractivity contribution in [2.45, 2.75) is 6.54 Å². The summed E-state index contributed by atoms with van der Waals surface area (Å²) in [5.74, 6) is -0.703. The minimum absolute atomic E-state index is 0.0114. The molecule has 122 valence electrons. The van der Waals surface area contributed by atoms with Gasteiger partial charge in [-0.25, -0.2) is 4.68 Å². The number of carbonyl (C=O) groups excluding carboxylic acids is 1. The van der Waals surface area contributed by atoms with E-state index in [0.717, 1.165) is 17.3 Å². The Balaban J connectivity index is 1.68. The van der Waals surface area contributed by atoms with Crippen LogP contribution in [-0.2, 0) is 6.54 Å². The highest BCUT2D eigenvalue weighted by atomic mass is 16.6. The van der Waals surface area contributed by atoms with Crippen LogP contribution in [0.2, 0.25) is 0 Å². The normalized spacial score (nSPS) is 10.5. The van der Waals surface area contributed by atoms with Gasteiger partial charge in [-0.1, -0.05) is 17.2 Å². The van der Waals surface area contributed by atoms with E-state index < -0.39 is 10.8 Å². The number of nitrogens with zero attached hydrogens (tertiary/aromatic N) is 5. The Labute approximate surface area is 136 Å². The predicted molar refractivity (Wildman–Crippen MR) is 84.6 cm³/mol. The molecule has 9 nitrogen and oxygen atoms in total. The molecule has 1 amide bonds. The SMILES string of the molecule is CN(Cc1ccc(-n2cccn2)cc1)C(=O)c1cc([N+](=O)[O-])[nH]n1. The van der Waals surface area contributed by atoms with Crippen LogP contribution in [0, 0.1) is 10.1 Å². The number of hydrogen-bond donors (Lipinski definition) is 1. The molecule has 0 unspecified atom stereocenters. The van der Waals surface area contributed by atoms with E-state index in [2.05, 4.69) is 15.3 Å². The Morgan fingerprint density at radius 1 is 1.38 bits per heavy atom. The number of rotatable bonds is 5. The molecule has 0 saturated heterocycles. The van der Waals surface area contributed by atoms with Gasteiger partial charge in [-0.05, 0) is 28.7 Å². The number of aromatic amines is 1. The summed E-state index contributed by atoms with van der Waals surface area (Å²) in [4.78, 5) is 23.7.